The van der Waals surface area contributed by atoms with Gasteiger partial charge in [0.15, 0.2) is 0 Å². The van der Waals surface area contributed by atoms with Crippen LogP contribution in [-0.2, 0) is 0 Å². The molecule has 1 unspecified atom stereocenters. The third-order valence-electron chi connectivity index (χ3n) is 3.35. The third kappa shape index (κ3) is 3.18. The summed E-state index contributed by atoms with van der Waals surface area (Å²) in [5.41, 5.74) is 1.07. The molecule has 1 aliphatic heterocycles. The minimum Gasteiger partial charge on any atom is -0.487 e. The number of hydrogen-bond donors (Lipinski definition) is 1. The molecule has 3 heteroatoms. The summed E-state index contributed by atoms with van der Waals surface area (Å²) >= 11 is 6.09. The van der Waals surface area contributed by atoms with Gasteiger partial charge in [0.25, 0.3) is 0 Å². The van der Waals surface area contributed by atoms with Crippen LogP contribution in [0.2, 0.25) is 5.02 Å². The summed E-state index contributed by atoms with van der Waals surface area (Å²) in [5.74, 6) is 0.963. The van der Waals surface area contributed by atoms with E-state index >= 15 is 0 Å². The number of ether oxygens (including phenoxy) is 1. The van der Waals surface area contributed by atoms with Crippen molar-refractivity contribution < 1.29 is 4.74 Å². The fourth-order valence-electron chi connectivity index (χ4n) is 2.46. The van der Waals surface area contributed by atoms with Crippen molar-refractivity contribution in [3.63, 3.8) is 0 Å². The second-order valence-electron chi connectivity index (χ2n) is 5.61. The molecule has 0 aromatic heterocycles. The first-order valence-corrected chi connectivity index (χ1v) is 7.11. The van der Waals surface area contributed by atoms with Crippen LogP contribution < -0.4 is 10.1 Å². The summed E-state index contributed by atoms with van der Waals surface area (Å²) in [7, 11) is 0. The van der Waals surface area contributed by atoms with Gasteiger partial charge >= 0.3 is 0 Å². The van der Waals surface area contributed by atoms with Crippen LogP contribution in [0.15, 0.2) is 18.2 Å². The molecule has 0 fully saturated rings. The summed E-state index contributed by atoms with van der Waals surface area (Å²) in [4.78, 5) is 0. The van der Waals surface area contributed by atoms with Gasteiger partial charge in [-0.3, -0.25) is 0 Å². The Morgan fingerprint density at radius 1 is 1.44 bits per heavy atom. The molecule has 0 radical (unpaired) electrons. The van der Waals surface area contributed by atoms with Gasteiger partial charge in [-0.2, -0.15) is 0 Å². The average molecular weight is 268 g/mol. The molecule has 1 N–H and O–H groups in total. The largest absolute Gasteiger partial charge is 0.487 e. The minimum absolute atomic E-state index is 0.120. The minimum atomic E-state index is -0.120. The molecule has 0 aliphatic carbocycles. The lowest BCUT2D eigenvalue weighted by Gasteiger charge is -2.38. The summed E-state index contributed by atoms with van der Waals surface area (Å²) in [6.45, 7) is 7.53. The van der Waals surface area contributed by atoms with E-state index in [1.807, 2.05) is 18.2 Å². The smallest absolute Gasteiger partial charge is 0.124 e. The molecule has 2 rings (SSSR count). The lowest BCUT2D eigenvalue weighted by atomic mass is 9.89. The SMILES string of the molecule is CCCCNC1CC(C)(C)Oc2ccc(Cl)cc21. The molecule has 1 aromatic rings. The topological polar surface area (TPSA) is 21.3 Å². The maximum absolute atomic E-state index is 6.09. The van der Waals surface area contributed by atoms with E-state index in [2.05, 4.69) is 26.1 Å². The van der Waals surface area contributed by atoms with Crippen molar-refractivity contribution in [3.05, 3.63) is 28.8 Å². The molecule has 0 saturated heterocycles. The Kier molecular flexibility index (Phi) is 4.18. The highest BCUT2D eigenvalue weighted by Gasteiger charge is 2.33. The van der Waals surface area contributed by atoms with Gasteiger partial charge in [-0.1, -0.05) is 24.9 Å². The van der Waals surface area contributed by atoms with E-state index in [1.165, 1.54) is 18.4 Å². The highest BCUT2D eigenvalue weighted by atomic mass is 35.5. The van der Waals surface area contributed by atoms with Crippen LogP contribution in [0.3, 0.4) is 0 Å². The summed E-state index contributed by atoms with van der Waals surface area (Å²) in [6.07, 6.45) is 3.39. The molecule has 18 heavy (non-hydrogen) atoms. The highest BCUT2D eigenvalue weighted by Crippen LogP contribution is 2.40. The van der Waals surface area contributed by atoms with Crippen LogP contribution in [0.5, 0.6) is 5.75 Å². The fraction of sp³-hybridized carbons (Fsp3) is 0.600. The van der Waals surface area contributed by atoms with Crippen LogP contribution in [-0.4, -0.2) is 12.1 Å². The first kappa shape index (κ1) is 13.7. The number of hydrogen-bond acceptors (Lipinski definition) is 2. The molecule has 0 saturated carbocycles. The van der Waals surface area contributed by atoms with Gasteiger partial charge in [0.2, 0.25) is 0 Å². The second kappa shape index (κ2) is 5.50. The summed E-state index contributed by atoms with van der Waals surface area (Å²) < 4.78 is 6.01. The molecule has 0 amide bonds. The zero-order valence-corrected chi connectivity index (χ0v) is 12.2. The highest BCUT2D eigenvalue weighted by molar-refractivity contribution is 6.30. The molecule has 100 valence electrons. The van der Waals surface area contributed by atoms with Crippen molar-refractivity contribution in [1.82, 2.24) is 5.32 Å². The van der Waals surface area contributed by atoms with E-state index in [0.717, 1.165) is 23.7 Å². The number of rotatable bonds is 4. The Balaban J connectivity index is 2.21. The van der Waals surface area contributed by atoms with E-state index in [1.54, 1.807) is 0 Å². The van der Waals surface area contributed by atoms with Crippen molar-refractivity contribution >= 4 is 11.6 Å². The van der Waals surface area contributed by atoms with Gasteiger partial charge in [-0.25, -0.2) is 0 Å². The van der Waals surface area contributed by atoms with Crippen molar-refractivity contribution in [2.75, 3.05) is 6.54 Å². The maximum atomic E-state index is 6.09. The molecule has 1 aromatic carbocycles. The van der Waals surface area contributed by atoms with Crippen molar-refractivity contribution in [2.24, 2.45) is 0 Å². The lowest BCUT2D eigenvalue weighted by molar-refractivity contribution is 0.0661. The number of halogens is 1. The molecule has 0 bridgehead atoms. The second-order valence-corrected chi connectivity index (χ2v) is 6.04. The molecule has 2 nitrogen and oxygen atoms in total. The van der Waals surface area contributed by atoms with Gasteiger partial charge in [-0.05, 0) is 45.0 Å². The number of fused-ring (bicyclic) bond motifs is 1. The molecular weight excluding hydrogens is 246 g/mol. The third-order valence-corrected chi connectivity index (χ3v) is 3.59. The quantitative estimate of drug-likeness (QED) is 0.820. The Labute approximate surface area is 115 Å². The van der Waals surface area contributed by atoms with Gasteiger partial charge in [0.1, 0.15) is 11.4 Å². The standard InChI is InChI=1S/C15H22ClNO/c1-4-5-8-17-13-10-15(2,3)18-14-7-6-11(16)9-12(13)14/h6-7,9,13,17H,4-5,8,10H2,1-3H3. The van der Waals surface area contributed by atoms with Crippen LogP contribution in [0, 0.1) is 0 Å². The van der Waals surface area contributed by atoms with E-state index in [9.17, 15) is 0 Å². The average Bonchev–Trinajstić information content (AvgIpc) is 2.29. The van der Waals surface area contributed by atoms with Gasteiger partial charge in [-0.15, -0.1) is 0 Å². The number of benzene rings is 1. The zero-order valence-electron chi connectivity index (χ0n) is 11.4. The first-order chi connectivity index (χ1) is 8.52. The molecule has 1 heterocycles. The Bertz CT molecular complexity index is 417. The molecule has 0 spiro atoms. The van der Waals surface area contributed by atoms with Crippen molar-refractivity contribution in [1.29, 1.82) is 0 Å². The molecule has 1 atom stereocenters. The first-order valence-electron chi connectivity index (χ1n) is 6.74. The molecule has 1 aliphatic rings. The monoisotopic (exact) mass is 267 g/mol. The number of nitrogens with one attached hydrogen (secondary N) is 1. The normalized spacial score (nSPS) is 21.2. The van der Waals surface area contributed by atoms with Gasteiger partial charge in [0.05, 0.1) is 0 Å². The predicted octanol–water partition coefficient (Wildman–Crippen LogP) is 4.33. The number of unbranched alkanes of at least 4 members (excludes halogenated alkanes) is 1. The Morgan fingerprint density at radius 2 is 2.22 bits per heavy atom. The van der Waals surface area contributed by atoms with Crippen LogP contribution in [0.25, 0.3) is 0 Å². The van der Waals surface area contributed by atoms with E-state index in [0.29, 0.717) is 6.04 Å². The van der Waals surface area contributed by atoms with Crippen molar-refractivity contribution in [3.8, 4) is 5.75 Å². The van der Waals surface area contributed by atoms with Gasteiger partial charge in [0, 0.05) is 23.0 Å². The lowest BCUT2D eigenvalue weighted by Crippen LogP contribution is -2.39. The van der Waals surface area contributed by atoms with E-state index in [4.69, 9.17) is 16.3 Å². The van der Waals surface area contributed by atoms with E-state index < -0.39 is 0 Å². The zero-order chi connectivity index (χ0) is 13.2. The van der Waals surface area contributed by atoms with Crippen LogP contribution in [0.4, 0.5) is 0 Å². The van der Waals surface area contributed by atoms with Crippen LogP contribution >= 0.6 is 11.6 Å². The Morgan fingerprint density at radius 3 is 2.94 bits per heavy atom. The summed E-state index contributed by atoms with van der Waals surface area (Å²) in [6, 6.07) is 6.24. The maximum Gasteiger partial charge on any atom is 0.124 e. The van der Waals surface area contributed by atoms with Crippen LogP contribution in [0.1, 0.15) is 51.6 Å². The van der Waals surface area contributed by atoms with Crippen molar-refractivity contribution in [2.45, 2.75) is 51.7 Å². The Hall–Kier alpha value is -0.730. The predicted molar refractivity (Wildman–Crippen MR) is 76.4 cm³/mol. The molecular formula is C15H22ClNO. The van der Waals surface area contributed by atoms with E-state index in [-0.39, 0.29) is 5.60 Å². The van der Waals surface area contributed by atoms with Gasteiger partial charge < -0.3 is 10.1 Å². The fourth-order valence-corrected chi connectivity index (χ4v) is 2.64. The summed E-state index contributed by atoms with van der Waals surface area (Å²) in [5, 5.41) is 4.40.